The first-order valence-electron chi connectivity index (χ1n) is 11.6. The molecule has 212 valence electrons. The molecule has 0 saturated heterocycles. The molecule has 0 spiro atoms. The number of amides is 2. The van der Waals surface area contributed by atoms with E-state index in [0.717, 1.165) is 10.5 Å². The highest BCUT2D eigenvalue weighted by atomic mass is 79.9. The van der Waals surface area contributed by atoms with Gasteiger partial charge < -0.3 is 20.2 Å². The molecule has 2 amide bonds. The van der Waals surface area contributed by atoms with Gasteiger partial charge in [-0.05, 0) is 48.9 Å². The summed E-state index contributed by atoms with van der Waals surface area (Å²) < 4.78 is 54.8. The third kappa shape index (κ3) is 5.67. The molecule has 5 rings (SSSR count). The van der Waals surface area contributed by atoms with E-state index in [1.165, 1.54) is 23.0 Å². The standard InChI is InChI=1S/C26H18BrClF3N5O4S/c1-11-15(9-33-36(11)2)14-8-19(26(29,30)31)34-25-20(14)21(22(41-25)23(32)37)35-24(38)18-6-4-13(40-18)10-39-17-5-3-12(27)7-16(17)28/h3-9H,10H2,1-2H3,(H2,32,37)(H,35,38). The Hall–Kier alpha value is -3.88. The monoisotopic (exact) mass is 667 g/mol. The summed E-state index contributed by atoms with van der Waals surface area (Å²) in [6.07, 6.45) is -3.37. The number of thiophene rings is 1. The van der Waals surface area contributed by atoms with Gasteiger partial charge in [0.1, 0.15) is 33.5 Å². The number of fused-ring (bicyclic) bond motifs is 1. The zero-order valence-electron chi connectivity index (χ0n) is 21.1. The van der Waals surface area contributed by atoms with E-state index in [2.05, 4.69) is 31.3 Å². The van der Waals surface area contributed by atoms with Crippen molar-refractivity contribution in [2.24, 2.45) is 12.8 Å². The van der Waals surface area contributed by atoms with E-state index in [1.807, 2.05) is 0 Å². The fourth-order valence-corrected chi connectivity index (χ4v) is 5.74. The Kier molecular flexibility index (Phi) is 7.57. The fourth-order valence-electron chi connectivity index (χ4n) is 4.01. The number of pyridine rings is 1. The van der Waals surface area contributed by atoms with Crippen molar-refractivity contribution in [3.8, 4) is 16.9 Å². The highest BCUT2D eigenvalue weighted by Crippen LogP contribution is 2.44. The third-order valence-corrected chi connectivity index (χ3v) is 7.98. The summed E-state index contributed by atoms with van der Waals surface area (Å²) in [4.78, 5) is 29.0. The van der Waals surface area contributed by atoms with Gasteiger partial charge in [0.05, 0.1) is 16.9 Å². The van der Waals surface area contributed by atoms with E-state index < -0.39 is 23.7 Å². The van der Waals surface area contributed by atoms with Crippen LogP contribution in [0.2, 0.25) is 5.02 Å². The number of furan rings is 1. The van der Waals surface area contributed by atoms with Crippen LogP contribution in [0, 0.1) is 6.92 Å². The first-order valence-corrected chi connectivity index (χ1v) is 13.6. The Balaban J connectivity index is 1.52. The van der Waals surface area contributed by atoms with Crippen LogP contribution in [-0.4, -0.2) is 26.6 Å². The molecule has 0 aliphatic rings. The number of hydrogen-bond acceptors (Lipinski definition) is 7. The lowest BCUT2D eigenvalue weighted by Crippen LogP contribution is -2.16. The molecule has 0 atom stereocenters. The zero-order chi connectivity index (χ0) is 29.6. The molecule has 0 unspecified atom stereocenters. The van der Waals surface area contributed by atoms with Crippen molar-refractivity contribution in [2.45, 2.75) is 19.7 Å². The van der Waals surface area contributed by atoms with Gasteiger partial charge in [0, 0.05) is 28.2 Å². The number of carbonyl (C=O) groups excluding carboxylic acids is 2. The van der Waals surface area contributed by atoms with E-state index in [0.29, 0.717) is 39.1 Å². The minimum Gasteiger partial charge on any atom is -0.484 e. The van der Waals surface area contributed by atoms with Crippen LogP contribution in [0.15, 0.2) is 51.5 Å². The summed E-state index contributed by atoms with van der Waals surface area (Å²) in [5, 5.41) is 7.20. The third-order valence-electron chi connectivity index (χ3n) is 6.09. The van der Waals surface area contributed by atoms with Crippen molar-refractivity contribution in [1.82, 2.24) is 14.8 Å². The van der Waals surface area contributed by atoms with E-state index in [9.17, 15) is 22.8 Å². The van der Waals surface area contributed by atoms with Crippen LogP contribution < -0.4 is 15.8 Å². The molecule has 3 N–H and O–H groups in total. The summed E-state index contributed by atoms with van der Waals surface area (Å²) in [6.45, 7) is 1.63. The lowest BCUT2D eigenvalue weighted by Gasteiger charge is -2.12. The second kappa shape index (κ2) is 10.8. The fraction of sp³-hybridized carbons (Fsp3) is 0.154. The molecule has 5 aromatic rings. The Morgan fingerprint density at radius 1 is 1.22 bits per heavy atom. The number of nitrogens with two attached hydrogens (primary N) is 1. The number of hydrogen-bond donors (Lipinski definition) is 2. The summed E-state index contributed by atoms with van der Waals surface area (Å²) in [5.74, 6) is -1.17. The SMILES string of the molecule is Cc1c(-c2cc(C(F)(F)F)nc3sc(C(N)=O)c(NC(=O)c4ccc(COc5ccc(Br)cc5Cl)o4)c23)cnn1C. The highest BCUT2D eigenvalue weighted by Gasteiger charge is 2.35. The maximum absolute atomic E-state index is 13.8. The molecule has 4 aromatic heterocycles. The lowest BCUT2D eigenvalue weighted by atomic mass is 10.0. The molecule has 1 aromatic carbocycles. The minimum absolute atomic E-state index is 0.0445. The number of halogens is 5. The van der Waals surface area contributed by atoms with E-state index in [4.69, 9.17) is 26.5 Å². The largest absolute Gasteiger partial charge is 0.484 e. The number of primary amides is 1. The van der Waals surface area contributed by atoms with Crippen LogP contribution >= 0.6 is 38.9 Å². The van der Waals surface area contributed by atoms with Crippen LogP contribution in [0.1, 0.15) is 37.4 Å². The number of aryl methyl sites for hydroxylation is 1. The number of rotatable bonds is 7. The average Bonchev–Trinajstić information content (AvgIpc) is 3.61. The summed E-state index contributed by atoms with van der Waals surface area (Å²) in [6, 6.07) is 8.83. The maximum Gasteiger partial charge on any atom is 0.433 e. The normalized spacial score (nSPS) is 11.7. The quantitative estimate of drug-likeness (QED) is 0.193. The molecular formula is C26H18BrClF3N5O4S. The van der Waals surface area contributed by atoms with Crippen LogP contribution in [0.3, 0.4) is 0 Å². The topological polar surface area (TPSA) is 125 Å². The first-order chi connectivity index (χ1) is 19.3. The average molecular weight is 669 g/mol. The van der Waals surface area contributed by atoms with Crippen molar-refractivity contribution in [3.63, 3.8) is 0 Å². The summed E-state index contributed by atoms with van der Waals surface area (Å²) in [5.41, 5.74) is 5.30. The van der Waals surface area contributed by atoms with Gasteiger partial charge in [-0.1, -0.05) is 27.5 Å². The van der Waals surface area contributed by atoms with E-state index in [-0.39, 0.29) is 38.7 Å². The molecule has 0 saturated carbocycles. The zero-order valence-corrected chi connectivity index (χ0v) is 24.3. The highest BCUT2D eigenvalue weighted by molar-refractivity contribution is 9.10. The number of ether oxygens (including phenoxy) is 1. The number of carbonyl (C=O) groups is 2. The summed E-state index contributed by atoms with van der Waals surface area (Å²) >= 11 is 10.1. The van der Waals surface area contributed by atoms with E-state index >= 15 is 0 Å². The summed E-state index contributed by atoms with van der Waals surface area (Å²) in [7, 11) is 1.63. The number of nitrogens with zero attached hydrogens (tertiary/aromatic N) is 3. The Morgan fingerprint density at radius 3 is 2.61 bits per heavy atom. The second-order valence-corrected chi connectivity index (χ2v) is 11.1. The van der Waals surface area contributed by atoms with Crippen LogP contribution in [0.4, 0.5) is 18.9 Å². The minimum atomic E-state index is -4.77. The van der Waals surface area contributed by atoms with Crippen molar-refractivity contribution in [1.29, 1.82) is 0 Å². The molecule has 0 aliphatic carbocycles. The number of alkyl halides is 3. The van der Waals surface area contributed by atoms with Gasteiger partial charge in [0.2, 0.25) is 0 Å². The molecule has 0 bridgehead atoms. The van der Waals surface area contributed by atoms with Crippen molar-refractivity contribution >= 4 is 66.6 Å². The van der Waals surface area contributed by atoms with Crippen LogP contribution in [0.5, 0.6) is 5.75 Å². The van der Waals surface area contributed by atoms with Crippen molar-refractivity contribution < 1.29 is 31.9 Å². The Morgan fingerprint density at radius 2 is 1.98 bits per heavy atom. The maximum atomic E-state index is 13.8. The molecular weight excluding hydrogens is 651 g/mol. The van der Waals surface area contributed by atoms with Gasteiger partial charge in [-0.3, -0.25) is 14.3 Å². The lowest BCUT2D eigenvalue weighted by molar-refractivity contribution is -0.140. The van der Waals surface area contributed by atoms with Crippen LogP contribution in [0.25, 0.3) is 21.3 Å². The van der Waals surface area contributed by atoms with Crippen molar-refractivity contribution in [2.75, 3.05) is 5.32 Å². The molecule has 0 fully saturated rings. The first kappa shape index (κ1) is 28.6. The van der Waals surface area contributed by atoms with Gasteiger partial charge in [0.25, 0.3) is 11.8 Å². The second-order valence-electron chi connectivity index (χ2n) is 8.75. The number of anilines is 1. The number of aromatic nitrogens is 3. The van der Waals surface area contributed by atoms with Gasteiger partial charge in [-0.25, -0.2) is 4.98 Å². The predicted octanol–water partition coefficient (Wildman–Crippen LogP) is 6.96. The van der Waals surface area contributed by atoms with Gasteiger partial charge in [-0.15, -0.1) is 11.3 Å². The molecule has 41 heavy (non-hydrogen) atoms. The Labute approximate surface area is 247 Å². The molecule has 0 aliphatic heterocycles. The predicted molar refractivity (Wildman–Crippen MR) is 150 cm³/mol. The molecule has 0 radical (unpaired) electrons. The van der Waals surface area contributed by atoms with Crippen LogP contribution in [-0.2, 0) is 19.8 Å². The number of benzene rings is 1. The smallest absolute Gasteiger partial charge is 0.433 e. The number of nitrogens with one attached hydrogen (secondary N) is 1. The molecule has 9 nitrogen and oxygen atoms in total. The molecule has 15 heteroatoms. The Bertz CT molecular complexity index is 1830. The van der Waals surface area contributed by atoms with E-state index in [1.54, 1.807) is 32.2 Å². The van der Waals surface area contributed by atoms with Crippen molar-refractivity contribution in [3.05, 3.63) is 79.9 Å². The molecule has 4 heterocycles. The van der Waals surface area contributed by atoms with Gasteiger partial charge in [0.15, 0.2) is 5.76 Å². The van der Waals surface area contributed by atoms with Gasteiger partial charge >= 0.3 is 6.18 Å². The van der Waals surface area contributed by atoms with Gasteiger partial charge in [-0.2, -0.15) is 18.3 Å².